The minimum absolute atomic E-state index is 0.421. The van der Waals surface area contributed by atoms with E-state index < -0.39 is 0 Å². The van der Waals surface area contributed by atoms with Crippen molar-refractivity contribution in [1.29, 1.82) is 0 Å². The minimum Gasteiger partial charge on any atom is -0.389 e. The van der Waals surface area contributed by atoms with Gasteiger partial charge in [0, 0.05) is 21.8 Å². The summed E-state index contributed by atoms with van der Waals surface area (Å²) >= 11 is 8.44. The van der Waals surface area contributed by atoms with Gasteiger partial charge in [-0.25, -0.2) is 0 Å². The topological polar surface area (TPSA) is 38.0 Å². The Morgan fingerprint density at radius 2 is 2.19 bits per heavy atom. The van der Waals surface area contributed by atoms with Crippen molar-refractivity contribution in [1.82, 2.24) is 0 Å². The third kappa shape index (κ3) is 2.38. The zero-order valence-corrected chi connectivity index (χ0v) is 11.8. The van der Waals surface area contributed by atoms with Crippen LogP contribution in [0, 0.1) is 5.41 Å². The summed E-state index contributed by atoms with van der Waals surface area (Å²) in [5, 5.41) is 3.50. The maximum absolute atomic E-state index is 5.60. The molecule has 86 valence electrons. The van der Waals surface area contributed by atoms with Gasteiger partial charge in [0.15, 0.2) is 0 Å². The SMILES string of the molecule is CC1(C)CC1Nc1ccc(C(N)=S)c(Br)c1. The zero-order chi connectivity index (χ0) is 11.9. The fourth-order valence-corrected chi connectivity index (χ4v) is 2.62. The van der Waals surface area contributed by atoms with Crippen molar-refractivity contribution in [2.75, 3.05) is 5.32 Å². The Morgan fingerprint density at radius 3 is 2.62 bits per heavy atom. The molecule has 1 fully saturated rings. The Kier molecular flexibility index (Phi) is 2.97. The average molecular weight is 299 g/mol. The number of benzene rings is 1. The highest BCUT2D eigenvalue weighted by Crippen LogP contribution is 2.46. The van der Waals surface area contributed by atoms with Crippen LogP contribution < -0.4 is 11.1 Å². The lowest BCUT2D eigenvalue weighted by molar-refractivity contribution is 0.630. The highest BCUT2D eigenvalue weighted by molar-refractivity contribution is 9.10. The molecule has 0 bridgehead atoms. The first-order chi connectivity index (χ1) is 7.40. The van der Waals surface area contributed by atoms with Crippen molar-refractivity contribution in [3.8, 4) is 0 Å². The number of nitrogens with one attached hydrogen (secondary N) is 1. The second-order valence-electron chi connectivity index (χ2n) is 4.95. The Hall–Kier alpha value is -0.610. The molecule has 3 N–H and O–H groups in total. The molecule has 1 saturated carbocycles. The first-order valence-corrected chi connectivity index (χ1v) is 6.46. The third-order valence-corrected chi connectivity index (χ3v) is 3.96. The van der Waals surface area contributed by atoms with E-state index in [0.717, 1.165) is 15.7 Å². The molecule has 0 spiro atoms. The number of anilines is 1. The van der Waals surface area contributed by atoms with Crippen LogP contribution >= 0.6 is 28.1 Å². The molecule has 0 radical (unpaired) electrons. The van der Waals surface area contributed by atoms with Crippen molar-refractivity contribution in [3.63, 3.8) is 0 Å². The maximum atomic E-state index is 5.60. The van der Waals surface area contributed by atoms with Gasteiger partial charge >= 0.3 is 0 Å². The zero-order valence-electron chi connectivity index (χ0n) is 9.38. The fourth-order valence-electron chi connectivity index (χ4n) is 1.72. The molecule has 16 heavy (non-hydrogen) atoms. The van der Waals surface area contributed by atoms with E-state index in [1.165, 1.54) is 6.42 Å². The van der Waals surface area contributed by atoms with Crippen molar-refractivity contribution >= 4 is 38.8 Å². The van der Waals surface area contributed by atoms with Gasteiger partial charge in [-0.1, -0.05) is 26.1 Å². The molecule has 0 aromatic heterocycles. The highest BCUT2D eigenvalue weighted by Gasteiger charge is 2.45. The molecule has 1 aliphatic carbocycles. The van der Waals surface area contributed by atoms with Gasteiger partial charge in [-0.15, -0.1) is 0 Å². The van der Waals surface area contributed by atoms with Crippen molar-refractivity contribution in [2.24, 2.45) is 11.1 Å². The lowest BCUT2D eigenvalue weighted by Crippen LogP contribution is -2.11. The second kappa shape index (κ2) is 4.00. The summed E-state index contributed by atoms with van der Waals surface area (Å²) in [6.45, 7) is 4.53. The molecule has 0 saturated heterocycles. The van der Waals surface area contributed by atoms with E-state index in [-0.39, 0.29) is 0 Å². The fraction of sp³-hybridized carbons (Fsp3) is 0.417. The summed E-state index contributed by atoms with van der Waals surface area (Å²) in [6, 6.07) is 6.58. The predicted octanol–water partition coefficient (Wildman–Crippen LogP) is 3.29. The van der Waals surface area contributed by atoms with Crippen LogP contribution in [0.2, 0.25) is 0 Å². The maximum Gasteiger partial charge on any atom is 0.105 e. The standard InChI is InChI=1S/C12H15BrN2S/c1-12(2)6-10(12)15-7-3-4-8(11(14)16)9(13)5-7/h3-5,10,15H,6H2,1-2H3,(H2,14,16). The van der Waals surface area contributed by atoms with E-state index in [9.17, 15) is 0 Å². The number of halogens is 1. The Labute approximate surface area is 110 Å². The summed E-state index contributed by atoms with van der Waals surface area (Å²) in [5.74, 6) is 0. The predicted molar refractivity (Wildman–Crippen MR) is 75.8 cm³/mol. The summed E-state index contributed by atoms with van der Waals surface area (Å²) in [6.07, 6.45) is 1.22. The van der Waals surface area contributed by atoms with Crippen molar-refractivity contribution < 1.29 is 0 Å². The Balaban J connectivity index is 2.13. The number of rotatable bonds is 3. The van der Waals surface area contributed by atoms with Crippen LogP contribution in [-0.2, 0) is 0 Å². The molecule has 1 aromatic rings. The van der Waals surface area contributed by atoms with Gasteiger partial charge < -0.3 is 11.1 Å². The highest BCUT2D eigenvalue weighted by atomic mass is 79.9. The molecular weight excluding hydrogens is 284 g/mol. The molecule has 0 amide bonds. The largest absolute Gasteiger partial charge is 0.389 e. The number of nitrogens with two attached hydrogens (primary N) is 1. The van der Waals surface area contributed by atoms with E-state index in [1.54, 1.807) is 0 Å². The van der Waals surface area contributed by atoms with Crippen LogP contribution in [0.15, 0.2) is 22.7 Å². The van der Waals surface area contributed by atoms with Crippen LogP contribution in [0.3, 0.4) is 0 Å². The molecule has 2 nitrogen and oxygen atoms in total. The molecular formula is C12H15BrN2S. The van der Waals surface area contributed by atoms with Gasteiger partial charge in [0.05, 0.1) is 0 Å². The van der Waals surface area contributed by atoms with E-state index >= 15 is 0 Å². The Morgan fingerprint density at radius 1 is 1.56 bits per heavy atom. The van der Waals surface area contributed by atoms with Gasteiger partial charge in [0.2, 0.25) is 0 Å². The first-order valence-electron chi connectivity index (χ1n) is 5.26. The number of hydrogen-bond acceptors (Lipinski definition) is 2. The van der Waals surface area contributed by atoms with Crippen LogP contribution in [-0.4, -0.2) is 11.0 Å². The minimum atomic E-state index is 0.421. The quantitative estimate of drug-likeness (QED) is 0.841. The van der Waals surface area contributed by atoms with Crippen LogP contribution in [0.4, 0.5) is 5.69 Å². The molecule has 0 aliphatic heterocycles. The summed E-state index contributed by atoms with van der Waals surface area (Å²) in [5.41, 5.74) is 8.03. The molecule has 1 aromatic carbocycles. The van der Waals surface area contributed by atoms with E-state index in [0.29, 0.717) is 16.4 Å². The monoisotopic (exact) mass is 298 g/mol. The van der Waals surface area contributed by atoms with Crippen molar-refractivity contribution in [3.05, 3.63) is 28.2 Å². The smallest absolute Gasteiger partial charge is 0.105 e. The Bertz CT molecular complexity index is 443. The number of thiocarbonyl (C=S) groups is 1. The van der Waals surface area contributed by atoms with E-state index in [2.05, 4.69) is 35.1 Å². The van der Waals surface area contributed by atoms with Gasteiger partial charge in [0.25, 0.3) is 0 Å². The molecule has 1 unspecified atom stereocenters. The van der Waals surface area contributed by atoms with Gasteiger partial charge in [-0.05, 0) is 46.0 Å². The van der Waals surface area contributed by atoms with Gasteiger partial charge in [-0.2, -0.15) is 0 Å². The van der Waals surface area contributed by atoms with Crippen LogP contribution in [0.1, 0.15) is 25.8 Å². The van der Waals surface area contributed by atoms with Crippen molar-refractivity contribution in [2.45, 2.75) is 26.3 Å². The van der Waals surface area contributed by atoms with Gasteiger partial charge in [-0.3, -0.25) is 0 Å². The number of hydrogen-bond donors (Lipinski definition) is 2. The van der Waals surface area contributed by atoms with Crippen LogP contribution in [0.5, 0.6) is 0 Å². The van der Waals surface area contributed by atoms with E-state index in [1.807, 2.05) is 18.2 Å². The van der Waals surface area contributed by atoms with E-state index in [4.69, 9.17) is 18.0 Å². The molecule has 1 aliphatic rings. The lowest BCUT2D eigenvalue weighted by atomic mass is 10.1. The molecule has 0 heterocycles. The summed E-state index contributed by atoms with van der Waals surface area (Å²) < 4.78 is 0.948. The summed E-state index contributed by atoms with van der Waals surface area (Å²) in [7, 11) is 0. The normalized spacial score (nSPS) is 21.6. The second-order valence-corrected chi connectivity index (χ2v) is 6.24. The first kappa shape index (κ1) is 11.9. The average Bonchev–Trinajstić information content (AvgIpc) is 2.72. The summed E-state index contributed by atoms with van der Waals surface area (Å²) in [4.78, 5) is 0.421. The van der Waals surface area contributed by atoms with Gasteiger partial charge in [0.1, 0.15) is 4.99 Å². The molecule has 2 rings (SSSR count). The molecule has 4 heteroatoms. The van der Waals surface area contributed by atoms with Crippen LogP contribution in [0.25, 0.3) is 0 Å². The molecule has 1 atom stereocenters. The third-order valence-electron chi connectivity index (χ3n) is 3.09. The lowest BCUT2D eigenvalue weighted by Gasteiger charge is -2.10.